The van der Waals surface area contributed by atoms with Gasteiger partial charge in [-0.05, 0) is 25.1 Å². The molecule has 4 nitrogen and oxygen atoms in total. The summed E-state index contributed by atoms with van der Waals surface area (Å²) in [6, 6.07) is 5.10. The topological polar surface area (TPSA) is 42.7 Å². The summed E-state index contributed by atoms with van der Waals surface area (Å²) < 4.78 is 39.8. The third-order valence-corrected chi connectivity index (χ3v) is 4.59. The highest BCUT2D eigenvalue weighted by molar-refractivity contribution is 7.13. The molecule has 8 heteroatoms. The molecule has 0 aliphatic rings. The number of imidazole rings is 1. The monoisotopic (exact) mass is 366 g/mol. The van der Waals surface area contributed by atoms with Crippen LogP contribution >= 0.6 is 11.3 Å². The Morgan fingerprint density at radius 2 is 1.96 bits per heavy atom. The van der Waals surface area contributed by atoms with Gasteiger partial charge in [-0.1, -0.05) is 12.1 Å². The largest absolute Gasteiger partial charge is 0.416 e. The summed E-state index contributed by atoms with van der Waals surface area (Å²) in [6.07, 6.45) is 2.14. The van der Waals surface area contributed by atoms with Gasteiger partial charge in [0.15, 0.2) is 0 Å². The van der Waals surface area contributed by atoms with Crippen molar-refractivity contribution in [1.82, 2.24) is 19.9 Å². The van der Waals surface area contributed by atoms with E-state index >= 15 is 0 Å². The van der Waals surface area contributed by atoms with Crippen molar-refractivity contribution in [2.75, 3.05) is 6.54 Å². The van der Waals surface area contributed by atoms with Crippen LogP contribution in [0.4, 0.5) is 13.2 Å². The lowest BCUT2D eigenvalue weighted by Crippen LogP contribution is -2.16. The number of thiazole rings is 1. The van der Waals surface area contributed by atoms with E-state index in [1.165, 1.54) is 23.5 Å². The molecule has 0 saturated carbocycles. The zero-order valence-electron chi connectivity index (χ0n) is 13.3. The molecule has 0 bridgehead atoms. The van der Waals surface area contributed by atoms with Crippen LogP contribution in [0, 0.1) is 0 Å². The Bertz CT molecular complexity index is 779. The number of hydrogen-bond donors (Lipinski definition) is 1. The first-order chi connectivity index (χ1) is 12.0. The van der Waals surface area contributed by atoms with Gasteiger partial charge in [0.1, 0.15) is 5.01 Å². The Hall–Kier alpha value is -2.19. The summed E-state index contributed by atoms with van der Waals surface area (Å²) in [6.45, 7) is 2.40. The average Bonchev–Trinajstić information content (AvgIpc) is 3.25. The summed E-state index contributed by atoms with van der Waals surface area (Å²) in [5.41, 5.74) is 0.944. The molecule has 2 heterocycles. The van der Waals surface area contributed by atoms with Crippen molar-refractivity contribution in [1.29, 1.82) is 0 Å². The molecule has 0 unspecified atom stereocenters. The highest BCUT2D eigenvalue weighted by atomic mass is 32.1. The molecular formula is C17H17F3N4S. The van der Waals surface area contributed by atoms with Crippen molar-refractivity contribution >= 4 is 11.3 Å². The normalized spacial score (nSPS) is 11.8. The van der Waals surface area contributed by atoms with E-state index in [4.69, 9.17) is 0 Å². The summed E-state index contributed by atoms with van der Waals surface area (Å²) in [5.74, 6) is 0. The second-order valence-corrected chi connectivity index (χ2v) is 6.41. The molecule has 0 amide bonds. The van der Waals surface area contributed by atoms with Crippen molar-refractivity contribution in [2.24, 2.45) is 0 Å². The lowest BCUT2D eigenvalue weighted by molar-refractivity contribution is -0.137. The fourth-order valence-corrected chi connectivity index (χ4v) is 3.17. The number of aryl methyl sites for hydroxylation is 1. The van der Waals surface area contributed by atoms with E-state index in [2.05, 4.69) is 15.3 Å². The smallest absolute Gasteiger partial charge is 0.337 e. The van der Waals surface area contributed by atoms with Crippen molar-refractivity contribution in [2.45, 2.75) is 25.7 Å². The first-order valence-corrected chi connectivity index (χ1v) is 8.69. The number of nitrogens with zero attached hydrogens (tertiary/aromatic N) is 3. The molecule has 1 aromatic carbocycles. The molecule has 0 atom stereocenters. The molecule has 0 radical (unpaired) electrons. The minimum absolute atomic E-state index is 0.640. The van der Waals surface area contributed by atoms with Crippen molar-refractivity contribution in [3.05, 3.63) is 59.6 Å². The van der Waals surface area contributed by atoms with Crippen LogP contribution in [0.3, 0.4) is 0 Å². The fourth-order valence-electron chi connectivity index (χ4n) is 2.34. The van der Waals surface area contributed by atoms with E-state index in [0.29, 0.717) is 12.1 Å². The molecule has 1 N–H and O–H groups in total. The Labute approximate surface area is 147 Å². The van der Waals surface area contributed by atoms with Crippen LogP contribution in [0.1, 0.15) is 17.7 Å². The Morgan fingerprint density at radius 1 is 1.16 bits per heavy atom. The van der Waals surface area contributed by atoms with Crippen LogP contribution in [0.15, 0.2) is 48.4 Å². The van der Waals surface area contributed by atoms with E-state index < -0.39 is 11.7 Å². The quantitative estimate of drug-likeness (QED) is 0.637. The van der Waals surface area contributed by atoms with Gasteiger partial charge in [0.25, 0.3) is 0 Å². The van der Waals surface area contributed by atoms with Gasteiger partial charge in [0, 0.05) is 36.4 Å². The van der Waals surface area contributed by atoms with Gasteiger partial charge >= 0.3 is 6.18 Å². The average molecular weight is 366 g/mol. The lowest BCUT2D eigenvalue weighted by Gasteiger charge is -2.06. The van der Waals surface area contributed by atoms with Crippen molar-refractivity contribution < 1.29 is 13.2 Å². The Morgan fingerprint density at radius 3 is 2.64 bits per heavy atom. The van der Waals surface area contributed by atoms with Gasteiger partial charge in [0.05, 0.1) is 17.6 Å². The number of aromatic nitrogens is 3. The molecule has 132 valence electrons. The third kappa shape index (κ3) is 4.90. The van der Waals surface area contributed by atoms with E-state index in [1.807, 2.05) is 16.1 Å². The van der Waals surface area contributed by atoms with E-state index in [9.17, 15) is 13.2 Å². The van der Waals surface area contributed by atoms with Gasteiger partial charge in [-0.25, -0.2) is 9.97 Å². The van der Waals surface area contributed by atoms with Gasteiger partial charge in [-0.3, -0.25) is 0 Å². The molecular weight excluding hydrogens is 349 g/mol. The first-order valence-electron chi connectivity index (χ1n) is 7.81. The maximum absolute atomic E-state index is 12.6. The van der Waals surface area contributed by atoms with E-state index in [-0.39, 0.29) is 0 Å². The van der Waals surface area contributed by atoms with Crippen molar-refractivity contribution in [3.8, 4) is 10.6 Å². The number of nitrogens with one attached hydrogen (secondary N) is 1. The highest BCUT2D eigenvalue weighted by Crippen LogP contribution is 2.31. The predicted molar refractivity (Wildman–Crippen MR) is 91.1 cm³/mol. The highest BCUT2D eigenvalue weighted by Gasteiger charge is 2.30. The van der Waals surface area contributed by atoms with Gasteiger partial charge in [-0.15, -0.1) is 11.3 Å². The Balaban J connectivity index is 1.48. The van der Waals surface area contributed by atoms with Crippen LogP contribution in [0.2, 0.25) is 0 Å². The number of halogens is 3. The summed E-state index contributed by atoms with van der Waals surface area (Å²) in [5, 5.41) is 5.97. The molecule has 0 fully saturated rings. The minimum atomic E-state index is -4.31. The zero-order valence-corrected chi connectivity index (χ0v) is 14.1. The van der Waals surface area contributed by atoms with Gasteiger partial charge < -0.3 is 9.88 Å². The number of benzene rings is 1. The summed E-state index contributed by atoms with van der Waals surface area (Å²) >= 11 is 1.43. The van der Waals surface area contributed by atoms with Crippen LogP contribution in [-0.4, -0.2) is 21.1 Å². The van der Waals surface area contributed by atoms with Gasteiger partial charge in [0.2, 0.25) is 0 Å². The number of rotatable bonds is 7. The number of alkyl halides is 3. The minimum Gasteiger partial charge on any atom is -0.337 e. The van der Waals surface area contributed by atoms with Crippen LogP contribution < -0.4 is 5.32 Å². The van der Waals surface area contributed by atoms with Crippen LogP contribution in [0.5, 0.6) is 0 Å². The molecule has 0 aliphatic carbocycles. The summed E-state index contributed by atoms with van der Waals surface area (Å²) in [7, 11) is 0. The molecule has 3 aromatic rings. The van der Waals surface area contributed by atoms with E-state index in [1.54, 1.807) is 12.5 Å². The predicted octanol–water partition coefficient (Wildman–Crippen LogP) is 4.21. The Kier molecular flexibility index (Phi) is 5.50. The second kappa shape index (κ2) is 7.79. The number of hydrogen-bond acceptors (Lipinski definition) is 4. The second-order valence-electron chi connectivity index (χ2n) is 5.55. The van der Waals surface area contributed by atoms with Gasteiger partial charge in [-0.2, -0.15) is 13.2 Å². The molecule has 0 saturated heterocycles. The molecule has 2 aromatic heterocycles. The molecule has 3 rings (SSSR count). The zero-order chi connectivity index (χ0) is 17.7. The maximum Gasteiger partial charge on any atom is 0.416 e. The first kappa shape index (κ1) is 17.6. The molecule has 25 heavy (non-hydrogen) atoms. The third-order valence-electron chi connectivity index (χ3n) is 3.65. The standard InChI is InChI=1S/C17H17F3N4S/c18-17(19,20)14-4-2-13(3-5-14)16-23-15(11-25-16)10-21-6-1-8-24-9-7-22-12-24/h2-5,7,9,11-12,21H,1,6,8,10H2. The molecule has 0 aliphatic heterocycles. The van der Waals surface area contributed by atoms with Crippen LogP contribution in [-0.2, 0) is 19.3 Å². The van der Waals surface area contributed by atoms with E-state index in [0.717, 1.165) is 42.3 Å². The summed E-state index contributed by atoms with van der Waals surface area (Å²) in [4.78, 5) is 8.47. The van der Waals surface area contributed by atoms with Crippen molar-refractivity contribution in [3.63, 3.8) is 0 Å². The molecule has 0 spiro atoms. The van der Waals surface area contributed by atoms with Crippen LogP contribution in [0.25, 0.3) is 10.6 Å². The maximum atomic E-state index is 12.6. The fraction of sp³-hybridized carbons (Fsp3) is 0.294. The lowest BCUT2D eigenvalue weighted by atomic mass is 10.1. The SMILES string of the molecule is FC(F)(F)c1ccc(-c2nc(CNCCCn3ccnc3)cs2)cc1.